The van der Waals surface area contributed by atoms with E-state index in [2.05, 4.69) is 4.90 Å². The van der Waals surface area contributed by atoms with Gasteiger partial charge in [0.15, 0.2) is 0 Å². The molecule has 0 unspecified atom stereocenters. The van der Waals surface area contributed by atoms with Gasteiger partial charge in [-0.25, -0.2) is 8.42 Å². The van der Waals surface area contributed by atoms with Crippen LogP contribution in [0.1, 0.15) is 13.3 Å². The Labute approximate surface area is 138 Å². The van der Waals surface area contributed by atoms with Crippen molar-refractivity contribution in [3.8, 4) is 0 Å². The van der Waals surface area contributed by atoms with Gasteiger partial charge >= 0.3 is 0 Å². The molecule has 0 saturated carbocycles. The predicted molar refractivity (Wildman–Crippen MR) is 85.5 cm³/mol. The van der Waals surface area contributed by atoms with Crippen molar-refractivity contribution in [2.75, 3.05) is 64.8 Å². The van der Waals surface area contributed by atoms with Gasteiger partial charge in [0.2, 0.25) is 15.9 Å². The van der Waals surface area contributed by atoms with E-state index < -0.39 is 16.1 Å². The molecule has 0 aromatic heterocycles. The maximum Gasteiger partial charge on any atom is 0.237 e. The van der Waals surface area contributed by atoms with Gasteiger partial charge in [-0.05, 0) is 13.3 Å². The van der Waals surface area contributed by atoms with Crippen molar-refractivity contribution in [1.29, 1.82) is 0 Å². The highest BCUT2D eigenvalue weighted by atomic mass is 32.2. The summed E-state index contributed by atoms with van der Waals surface area (Å²) in [5.74, 6) is 0.0104. The lowest BCUT2D eigenvalue weighted by molar-refractivity contribution is -0.133. The van der Waals surface area contributed by atoms with Crippen LogP contribution in [0.2, 0.25) is 0 Å². The maximum absolute atomic E-state index is 12.2. The first-order valence-electron chi connectivity index (χ1n) is 8.16. The standard InChI is InChI=1S/C14H27N3O5S/c1-2-22-12-13(18)10-15-5-7-16(8-6-15)14(19)11-17-4-3-9-23(17,20)21/h13,18H,2-12H2,1H3/t13-/m1/s1. The van der Waals surface area contributed by atoms with Gasteiger partial charge in [-0.15, -0.1) is 0 Å². The number of hydrogen-bond acceptors (Lipinski definition) is 6. The predicted octanol–water partition coefficient (Wildman–Crippen LogP) is -1.44. The van der Waals surface area contributed by atoms with E-state index in [-0.39, 0.29) is 18.2 Å². The number of sulfonamides is 1. The second-order valence-electron chi connectivity index (χ2n) is 6.00. The van der Waals surface area contributed by atoms with Crippen molar-refractivity contribution < 1.29 is 23.1 Å². The van der Waals surface area contributed by atoms with E-state index in [1.807, 2.05) is 6.92 Å². The minimum Gasteiger partial charge on any atom is -0.389 e. The third-order valence-electron chi connectivity index (χ3n) is 4.22. The minimum absolute atomic E-state index is 0.0463. The van der Waals surface area contributed by atoms with Gasteiger partial charge in [-0.2, -0.15) is 4.31 Å². The Morgan fingerprint density at radius 2 is 1.91 bits per heavy atom. The van der Waals surface area contributed by atoms with Crippen LogP contribution >= 0.6 is 0 Å². The van der Waals surface area contributed by atoms with Gasteiger partial charge in [-0.3, -0.25) is 9.69 Å². The molecule has 2 aliphatic heterocycles. The molecular formula is C14H27N3O5S. The lowest BCUT2D eigenvalue weighted by Gasteiger charge is -2.36. The molecule has 2 rings (SSSR count). The average molecular weight is 349 g/mol. The average Bonchev–Trinajstić information content (AvgIpc) is 2.84. The monoisotopic (exact) mass is 349 g/mol. The number of aliphatic hydroxyl groups excluding tert-OH is 1. The van der Waals surface area contributed by atoms with Crippen molar-refractivity contribution in [1.82, 2.24) is 14.1 Å². The van der Waals surface area contributed by atoms with Crippen molar-refractivity contribution in [2.24, 2.45) is 0 Å². The number of carbonyl (C=O) groups is 1. The lowest BCUT2D eigenvalue weighted by atomic mass is 10.2. The molecule has 0 aromatic rings. The number of piperazine rings is 1. The van der Waals surface area contributed by atoms with Gasteiger partial charge in [-0.1, -0.05) is 0 Å². The van der Waals surface area contributed by atoms with Crippen LogP contribution < -0.4 is 0 Å². The zero-order valence-corrected chi connectivity index (χ0v) is 14.5. The third kappa shape index (κ3) is 5.39. The van der Waals surface area contributed by atoms with E-state index in [9.17, 15) is 18.3 Å². The first-order chi connectivity index (χ1) is 10.9. The summed E-state index contributed by atoms with van der Waals surface area (Å²) >= 11 is 0. The van der Waals surface area contributed by atoms with Gasteiger partial charge in [0, 0.05) is 45.9 Å². The van der Waals surface area contributed by atoms with E-state index in [1.54, 1.807) is 4.90 Å². The van der Waals surface area contributed by atoms with Crippen molar-refractivity contribution in [3.05, 3.63) is 0 Å². The second-order valence-corrected chi connectivity index (χ2v) is 8.09. The van der Waals surface area contributed by atoms with E-state index >= 15 is 0 Å². The summed E-state index contributed by atoms with van der Waals surface area (Å²) in [7, 11) is -3.23. The number of ether oxygens (including phenoxy) is 1. The normalized spacial score (nSPS) is 24.0. The summed E-state index contributed by atoms with van der Waals surface area (Å²) in [6.07, 6.45) is 0.0770. The molecule has 2 fully saturated rings. The fourth-order valence-corrected chi connectivity index (χ4v) is 4.37. The summed E-state index contributed by atoms with van der Waals surface area (Å²) in [4.78, 5) is 16.0. The SMILES string of the molecule is CCOC[C@H](O)CN1CCN(C(=O)CN2CCCS2(=O)=O)CC1. The molecule has 0 spiro atoms. The second kappa shape index (κ2) is 8.39. The Morgan fingerprint density at radius 1 is 1.22 bits per heavy atom. The summed E-state index contributed by atoms with van der Waals surface area (Å²) in [5.41, 5.74) is 0. The van der Waals surface area contributed by atoms with Crippen LogP contribution in [0.3, 0.4) is 0 Å². The molecular weight excluding hydrogens is 322 g/mol. The van der Waals surface area contributed by atoms with Crippen LogP contribution in [-0.2, 0) is 19.6 Å². The maximum atomic E-state index is 12.2. The number of rotatable bonds is 7. The van der Waals surface area contributed by atoms with E-state index in [4.69, 9.17) is 4.74 Å². The molecule has 0 aromatic carbocycles. The molecule has 0 bridgehead atoms. The number of amides is 1. The van der Waals surface area contributed by atoms with Crippen LogP contribution in [-0.4, -0.2) is 104 Å². The molecule has 8 nitrogen and oxygen atoms in total. The summed E-state index contributed by atoms with van der Waals surface area (Å²) < 4.78 is 30.0. The van der Waals surface area contributed by atoms with Crippen molar-refractivity contribution in [3.63, 3.8) is 0 Å². The topological polar surface area (TPSA) is 90.4 Å². The number of aliphatic hydroxyl groups is 1. The Bertz CT molecular complexity index is 491. The molecule has 1 amide bonds. The molecule has 23 heavy (non-hydrogen) atoms. The molecule has 1 atom stereocenters. The summed E-state index contributed by atoms with van der Waals surface area (Å²) in [5, 5.41) is 9.83. The zero-order valence-electron chi connectivity index (χ0n) is 13.7. The number of carbonyl (C=O) groups excluding carboxylic acids is 1. The van der Waals surface area contributed by atoms with Crippen LogP contribution in [0, 0.1) is 0 Å². The molecule has 9 heteroatoms. The molecule has 0 aliphatic carbocycles. The molecule has 2 heterocycles. The first kappa shape index (κ1) is 18.6. The molecule has 2 aliphatic rings. The van der Waals surface area contributed by atoms with Crippen LogP contribution in [0.15, 0.2) is 0 Å². The van der Waals surface area contributed by atoms with Gasteiger partial charge < -0.3 is 14.7 Å². The Morgan fingerprint density at radius 3 is 2.48 bits per heavy atom. The highest BCUT2D eigenvalue weighted by molar-refractivity contribution is 7.89. The van der Waals surface area contributed by atoms with Gasteiger partial charge in [0.05, 0.1) is 25.0 Å². The molecule has 1 N–H and O–H groups in total. The number of hydrogen-bond donors (Lipinski definition) is 1. The summed E-state index contributed by atoms with van der Waals surface area (Å²) in [6.45, 7) is 6.21. The van der Waals surface area contributed by atoms with Crippen molar-refractivity contribution >= 4 is 15.9 Å². The highest BCUT2D eigenvalue weighted by Gasteiger charge is 2.32. The Hall–Kier alpha value is -0.740. The number of β-amino-alcohol motifs (C(OH)–C–C–N with tert-alkyl or cyclic N) is 1. The summed E-state index contributed by atoms with van der Waals surface area (Å²) in [6, 6.07) is 0. The van der Waals surface area contributed by atoms with Crippen LogP contribution in [0.5, 0.6) is 0 Å². The van der Waals surface area contributed by atoms with Crippen molar-refractivity contribution in [2.45, 2.75) is 19.4 Å². The van der Waals surface area contributed by atoms with Crippen LogP contribution in [0.25, 0.3) is 0 Å². The number of nitrogens with zero attached hydrogens (tertiary/aromatic N) is 3. The largest absolute Gasteiger partial charge is 0.389 e. The minimum atomic E-state index is -3.23. The fourth-order valence-electron chi connectivity index (χ4n) is 2.90. The van der Waals surface area contributed by atoms with Gasteiger partial charge in [0.1, 0.15) is 0 Å². The van der Waals surface area contributed by atoms with Gasteiger partial charge in [0.25, 0.3) is 0 Å². The zero-order chi connectivity index (χ0) is 16.9. The highest BCUT2D eigenvalue weighted by Crippen LogP contribution is 2.14. The Kier molecular flexibility index (Phi) is 6.78. The quantitative estimate of drug-likeness (QED) is 0.606. The van der Waals surface area contributed by atoms with Crippen LogP contribution in [0.4, 0.5) is 0 Å². The molecule has 134 valence electrons. The smallest absolute Gasteiger partial charge is 0.237 e. The van der Waals surface area contributed by atoms with E-state index in [1.165, 1.54) is 4.31 Å². The Balaban J connectivity index is 1.72. The molecule has 2 saturated heterocycles. The first-order valence-corrected chi connectivity index (χ1v) is 9.77. The van der Waals surface area contributed by atoms with E-state index in [0.29, 0.717) is 58.9 Å². The lowest BCUT2D eigenvalue weighted by Crippen LogP contribution is -2.52. The molecule has 0 radical (unpaired) electrons. The third-order valence-corrected chi connectivity index (χ3v) is 6.13. The fraction of sp³-hybridized carbons (Fsp3) is 0.929. The van der Waals surface area contributed by atoms with E-state index in [0.717, 1.165) is 0 Å².